The van der Waals surface area contributed by atoms with Crippen molar-refractivity contribution in [3.05, 3.63) is 110 Å². The molecule has 1 saturated carbocycles. The topological polar surface area (TPSA) is 101 Å². The Hall–Kier alpha value is -3.69. The molecule has 2 aliphatic carbocycles. The molecule has 43 heavy (non-hydrogen) atoms. The van der Waals surface area contributed by atoms with Crippen LogP contribution in [0.5, 0.6) is 5.75 Å². The third-order valence-electron chi connectivity index (χ3n) is 7.92. The first kappa shape index (κ1) is 29.4. The van der Waals surface area contributed by atoms with Gasteiger partial charge >= 0.3 is 5.97 Å². The normalized spacial score (nSPS) is 21.7. The maximum Gasteiger partial charge on any atom is 0.345 e. The van der Waals surface area contributed by atoms with E-state index in [9.17, 15) is 24.0 Å². The minimum absolute atomic E-state index is 0.0454. The van der Waals surface area contributed by atoms with E-state index in [-0.39, 0.29) is 49.3 Å². The summed E-state index contributed by atoms with van der Waals surface area (Å²) in [5.74, 6) is -4.29. The predicted molar refractivity (Wildman–Crippen MR) is 159 cm³/mol. The summed E-state index contributed by atoms with van der Waals surface area (Å²) in [6, 6.07) is 14.1. The number of carbonyl (C=O) groups is 5. The van der Waals surface area contributed by atoms with E-state index in [0.717, 1.165) is 10.0 Å². The third-order valence-corrected chi connectivity index (χ3v) is 9.21. The molecule has 2 bridgehead atoms. The van der Waals surface area contributed by atoms with E-state index in [1.807, 2.05) is 12.2 Å². The Bertz CT molecular complexity index is 1710. The lowest BCUT2D eigenvalue weighted by Gasteiger charge is -2.31. The van der Waals surface area contributed by atoms with Gasteiger partial charge in [0.2, 0.25) is 0 Å². The first-order valence-corrected chi connectivity index (χ1v) is 14.7. The van der Waals surface area contributed by atoms with Gasteiger partial charge in [-0.05, 0) is 78.9 Å². The number of benzene rings is 3. The van der Waals surface area contributed by atoms with E-state index in [4.69, 9.17) is 51.1 Å². The molecule has 3 amide bonds. The average molecular weight is 658 g/mol. The lowest BCUT2D eigenvalue weighted by atomic mass is 9.85. The molecule has 0 unspecified atom stereocenters. The van der Waals surface area contributed by atoms with Crippen molar-refractivity contribution in [1.82, 2.24) is 10.0 Å². The summed E-state index contributed by atoms with van der Waals surface area (Å²) in [5, 5.41) is 2.49. The second-order valence-electron chi connectivity index (χ2n) is 10.4. The van der Waals surface area contributed by atoms with Gasteiger partial charge in [0.05, 0.1) is 32.5 Å². The molecule has 2 fully saturated rings. The number of fused-ring (bicyclic) bond motifs is 5. The van der Waals surface area contributed by atoms with Crippen LogP contribution in [-0.4, -0.2) is 46.0 Å². The number of halogens is 4. The number of ether oxygens (including phenoxy) is 1. The first-order chi connectivity index (χ1) is 20.5. The molecular weight excluding hydrogens is 638 g/mol. The van der Waals surface area contributed by atoms with Gasteiger partial charge in [0.25, 0.3) is 17.7 Å². The van der Waals surface area contributed by atoms with E-state index in [1.165, 1.54) is 60.7 Å². The van der Waals surface area contributed by atoms with Gasteiger partial charge in [-0.15, -0.1) is 0 Å². The van der Waals surface area contributed by atoms with E-state index in [1.54, 1.807) is 0 Å². The fourth-order valence-corrected chi connectivity index (χ4v) is 6.67. The summed E-state index contributed by atoms with van der Waals surface area (Å²) < 4.78 is 5.36. The summed E-state index contributed by atoms with van der Waals surface area (Å²) in [6.45, 7) is -0.613. The van der Waals surface area contributed by atoms with E-state index >= 15 is 0 Å². The fourth-order valence-electron chi connectivity index (χ4n) is 5.89. The van der Waals surface area contributed by atoms with Crippen molar-refractivity contribution in [1.29, 1.82) is 0 Å². The lowest BCUT2D eigenvalue weighted by molar-refractivity contribution is -0.154. The quantitative estimate of drug-likeness (QED) is 0.0937. The molecule has 0 N–H and O–H groups in total. The molecule has 1 saturated heterocycles. The minimum Gasteiger partial charge on any atom is -0.423 e. The molecule has 218 valence electrons. The van der Waals surface area contributed by atoms with Crippen molar-refractivity contribution < 1.29 is 28.7 Å². The molecule has 0 aromatic heterocycles. The largest absolute Gasteiger partial charge is 0.423 e. The Balaban J connectivity index is 1.24. The molecule has 0 spiro atoms. The highest BCUT2D eigenvalue weighted by atomic mass is 35.5. The maximum atomic E-state index is 13.7. The van der Waals surface area contributed by atoms with Crippen LogP contribution in [0.4, 0.5) is 0 Å². The number of carbonyl (C=O) groups excluding carboxylic acids is 5. The van der Waals surface area contributed by atoms with Crippen molar-refractivity contribution in [2.75, 3.05) is 6.54 Å². The standard InChI is InChI=1S/C31H20Cl4N2O6/c32-19-6-9-21(23(34)13-19)31(42)43-20-7-3-15(4-8-20)25(38)14-36(28(39)18-5-10-22(33)24(35)12-18)37-29(40)26-16-1-2-17(11-16)27(26)30(37)41/h1-10,12-13,16-17,26-27H,11,14H2/t16-,17-,26+,27+/m0/s1. The molecule has 1 heterocycles. The number of rotatable bonds is 7. The number of ketones is 1. The molecule has 0 radical (unpaired) electrons. The smallest absolute Gasteiger partial charge is 0.345 e. The molecule has 12 heteroatoms. The Morgan fingerprint density at radius 3 is 2.00 bits per heavy atom. The minimum atomic E-state index is -0.765. The van der Waals surface area contributed by atoms with Crippen LogP contribution in [0.1, 0.15) is 37.5 Å². The summed E-state index contributed by atoms with van der Waals surface area (Å²) in [5.41, 5.74) is 0.303. The first-order valence-electron chi connectivity index (χ1n) is 13.2. The van der Waals surface area contributed by atoms with Crippen LogP contribution in [0, 0.1) is 23.7 Å². The lowest BCUT2D eigenvalue weighted by Crippen LogP contribution is -2.52. The van der Waals surface area contributed by atoms with Crippen LogP contribution in [0.15, 0.2) is 72.8 Å². The maximum absolute atomic E-state index is 13.7. The average Bonchev–Trinajstić information content (AvgIpc) is 3.66. The van der Waals surface area contributed by atoms with E-state index < -0.39 is 47.9 Å². The summed E-state index contributed by atoms with van der Waals surface area (Å²) in [4.78, 5) is 66.9. The van der Waals surface area contributed by atoms with E-state index in [0.29, 0.717) is 11.4 Å². The Labute approximate surface area is 265 Å². The molecule has 3 aromatic rings. The zero-order valence-corrected chi connectivity index (χ0v) is 25.0. The van der Waals surface area contributed by atoms with Crippen LogP contribution in [-0.2, 0) is 9.59 Å². The number of esters is 1. The van der Waals surface area contributed by atoms with Crippen molar-refractivity contribution >= 4 is 75.9 Å². The molecule has 6 rings (SSSR count). The summed E-state index contributed by atoms with van der Waals surface area (Å²) in [6.07, 6.45) is 4.58. The second-order valence-corrected chi connectivity index (χ2v) is 12.1. The van der Waals surface area contributed by atoms with Crippen molar-refractivity contribution in [2.45, 2.75) is 6.42 Å². The van der Waals surface area contributed by atoms with Crippen LogP contribution < -0.4 is 4.74 Å². The molecule has 4 atom stereocenters. The van der Waals surface area contributed by atoms with Crippen molar-refractivity contribution in [2.24, 2.45) is 23.7 Å². The van der Waals surface area contributed by atoms with Crippen LogP contribution >= 0.6 is 46.4 Å². The monoisotopic (exact) mass is 656 g/mol. The number of allylic oxidation sites excluding steroid dienone is 2. The number of hydrogen-bond acceptors (Lipinski definition) is 6. The van der Waals surface area contributed by atoms with Gasteiger partial charge in [-0.3, -0.25) is 19.2 Å². The highest BCUT2D eigenvalue weighted by molar-refractivity contribution is 6.42. The van der Waals surface area contributed by atoms with Gasteiger partial charge in [-0.25, -0.2) is 9.80 Å². The van der Waals surface area contributed by atoms with Gasteiger partial charge in [-0.2, -0.15) is 5.01 Å². The zero-order valence-electron chi connectivity index (χ0n) is 22.0. The van der Waals surface area contributed by atoms with Gasteiger partial charge in [0.1, 0.15) is 12.3 Å². The fraction of sp³-hybridized carbons (Fsp3) is 0.194. The van der Waals surface area contributed by atoms with Gasteiger partial charge in [-0.1, -0.05) is 58.6 Å². The Morgan fingerprint density at radius 1 is 0.767 bits per heavy atom. The number of hydrogen-bond donors (Lipinski definition) is 0. The molecule has 3 aliphatic rings. The van der Waals surface area contributed by atoms with Gasteiger partial charge in [0, 0.05) is 16.1 Å². The highest BCUT2D eigenvalue weighted by Crippen LogP contribution is 2.52. The SMILES string of the molecule is O=C(CN(C(=O)c1ccc(Cl)c(Cl)c1)N1C(=O)[C@H]2[C@H](C1=O)[C@H]1C=C[C@H]2C1)c1ccc(OC(=O)c2ccc(Cl)cc2Cl)cc1. The van der Waals surface area contributed by atoms with Crippen molar-refractivity contribution in [3.63, 3.8) is 0 Å². The van der Waals surface area contributed by atoms with Crippen LogP contribution in [0.25, 0.3) is 0 Å². The molecule has 8 nitrogen and oxygen atoms in total. The number of Topliss-reactive ketones (excluding diaryl/α,β-unsaturated/α-hetero) is 1. The van der Waals surface area contributed by atoms with Crippen LogP contribution in [0.2, 0.25) is 20.1 Å². The number of amides is 3. The second kappa shape index (κ2) is 11.4. The predicted octanol–water partition coefficient (Wildman–Crippen LogP) is 6.57. The number of hydrazine groups is 1. The Kier molecular flexibility index (Phi) is 7.81. The molecular formula is C31H20Cl4N2O6. The number of imide groups is 1. The summed E-state index contributed by atoms with van der Waals surface area (Å²) in [7, 11) is 0. The van der Waals surface area contributed by atoms with E-state index in [2.05, 4.69) is 0 Å². The van der Waals surface area contributed by atoms with Gasteiger partial charge < -0.3 is 4.74 Å². The Morgan fingerprint density at radius 2 is 1.40 bits per heavy atom. The molecule has 3 aromatic carbocycles. The van der Waals surface area contributed by atoms with Gasteiger partial charge in [0.15, 0.2) is 5.78 Å². The van der Waals surface area contributed by atoms with Crippen LogP contribution in [0.3, 0.4) is 0 Å². The zero-order chi connectivity index (χ0) is 30.6. The number of nitrogens with zero attached hydrogens (tertiary/aromatic N) is 2. The third kappa shape index (κ3) is 5.33. The van der Waals surface area contributed by atoms with Crippen molar-refractivity contribution in [3.8, 4) is 5.75 Å². The summed E-state index contributed by atoms with van der Waals surface area (Å²) >= 11 is 24.1. The molecule has 1 aliphatic heterocycles. The highest BCUT2D eigenvalue weighted by Gasteiger charge is 2.61.